The van der Waals surface area contributed by atoms with Gasteiger partial charge in [0.2, 0.25) is 5.96 Å². The van der Waals surface area contributed by atoms with Crippen LogP contribution < -0.4 is 15.4 Å². The molecule has 2 rings (SSSR count). The molecule has 8 nitrogen and oxygen atoms in total. The molecule has 0 unspecified atom stereocenters. The highest BCUT2D eigenvalue weighted by Gasteiger charge is 2.22. The molecule has 3 N–H and O–H groups in total. The summed E-state index contributed by atoms with van der Waals surface area (Å²) in [6, 6.07) is 1.91. The number of rotatable bonds is 5. The molecule has 0 spiro atoms. The van der Waals surface area contributed by atoms with Crippen molar-refractivity contribution in [3.05, 3.63) is 18.5 Å². The van der Waals surface area contributed by atoms with Crippen molar-refractivity contribution in [1.29, 1.82) is 5.26 Å². The van der Waals surface area contributed by atoms with Gasteiger partial charge in [-0.25, -0.2) is 13.1 Å². The van der Waals surface area contributed by atoms with E-state index in [0.29, 0.717) is 12.2 Å². The fourth-order valence-electron chi connectivity index (χ4n) is 3.02. The SMILES string of the molecule is CCN=C(NC#N)NS(=O)(=O)c1cnccc1NC1CCCCCCC1. The van der Waals surface area contributed by atoms with E-state index >= 15 is 0 Å². The first-order valence-electron chi connectivity index (χ1n) is 8.99. The van der Waals surface area contributed by atoms with Crippen LogP contribution in [0.25, 0.3) is 0 Å². The van der Waals surface area contributed by atoms with Gasteiger partial charge in [0.1, 0.15) is 4.90 Å². The molecule has 1 saturated carbocycles. The molecule has 0 saturated heterocycles. The highest BCUT2D eigenvalue weighted by Crippen LogP contribution is 2.25. The number of guanidine groups is 1. The Kier molecular flexibility index (Phi) is 7.66. The zero-order valence-electron chi connectivity index (χ0n) is 15.0. The molecule has 142 valence electrons. The molecule has 1 aromatic rings. The standard InChI is InChI=1S/C17H26N6O2S/c1-2-20-17(21-13-18)23-26(24,25)16-12-19-11-10-15(16)22-14-8-6-4-3-5-7-9-14/h10-12,14H,2-9H2,1H3,(H,19,22)(H2,20,21,23). The van der Waals surface area contributed by atoms with Crippen LogP contribution in [0.2, 0.25) is 0 Å². The number of pyridine rings is 1. The van der Waals surface area contributed by atoms with E-state index < -0.39 is 10.0 Å². The van der Waals surface area contributed by atoms with Gasteiger partial charge in [-0.1, -0.05) is 32.1 Å². The maximum absolute atomic E-state index is 12.8. The molecule has 0 bridgehead atoms. The first-order valence-corrected chi connectivity index (χ1v) is 10.5. The van der Waals surface area contributed by atoms with Gasteiger partial charge in [-0.15, -0.1) is 0 Å². The van der Waals surface area contributed by atoms with Crippen LogP contribution in [-0.2, 0) is 10.0 Å². The lowest BCUT2D eigenvalue weighted by Gasteiger charge is -2.23. The molecule has 26 heavy (non-hydrogen) atoms. The van der Waals surface area contributed by atoms with Crippen LogP contribution in [0.5, 0.6) is 0 Å². The van der Waals surface area contributed by atoms with E-state index in [-0.39, 0.29) is 16.9 Å². The summed E-state index contributed by atoms with van der Waals surface area (Å²) in [7, 11) is -3.92. The molecular weight excluding hydrogens is 352 g/mol. The molecule has 0 radical (unpaired) electrons. The van der Waals surface area contributed by atoms with E-state index in [0.717, 1.165) is 25.7 Å². The minimum Gasteiger partial charge on any atom is -0.381 e. The molecule has 1 aromatic heterocycles. The second-order valence-corrected chi connectivity index (χ2v) is 7.87. The fourth-order valence-corrected chi connectivity index (χ4v) is 4.12. The monoisotopic (exact) mass is 378 g/mol. The maximum Gasteiger partial charge on any atom is 0.267 e. The number of aliphatic imine (C=N–C) groups is 1. The van der Waals surface area contributed by atoms with Gasteiger partial charge in [0.25, 0.3) is 10.0 Å². The van der Waals surface area contributed by atoms with Gasteiger partial charge in [-0.2, -0.15) is 5.26 Å². The van der Waals surface area contributed by atoms with Crippen LogP contribution in [0.4, 0.5) is 5.69 Å². The van der Waals surface area contributed by atoms with Gasteiger partial charge in [-0.3, -0.25) is 15.3 Å². The number of nitrogens with zero attached hydrogens (tertiary/aromatic N) is 3. The smallest absolute Gasteiger partial charge is 0.267 e. The highest BCUT2D eigenvalue weighted by molar-refractivity contribution is 7.90. The van der Waals surface area contributed by atoms with Gasteiger partial charge in [-0.05, 0) is 25.8 Å². The molecule has 1 aliphatic rings. The summed E-state index contributed by atoms with van der Waals surface area (Å²) in [5.41, 5.74) is 0.519. The van der Waals surface area contributed by atoms with Gasteiger partial charge in [0.15, 0.2) is 6.19 Å². The van der Waals surface area contributed by atoms with Crippen molar-refractivity contribution >= 4 is 21.7 Å². The molecule has 9 heteroatoms. The zero-order valence-corrected chi connectivity index (χ0v) is 15.8. The summed E-state index contributed by atoms with van der Waals surface area (Å²) >= 11 is 0. The van der Waals surface area contributed by atoms with Crippen molar-refractivity contribution < 1.29 is 8.42 Å². The Morgan fingerprint density at radius 2 is 2.00 bits per heavy atom. The van der Waals surface area contributed by atoms with E-state index in [1.807, 2.05) is 0 Å². The van der Waals surface area contributed by atoms with Crippen molar-refractivity contribution in [2.45, 2.75) is 62.8 Å². The van der Waals surface area contributed by atoms with E-state index in [1.165, 1.54) is 25.5 Å². The molecular formula is C17H26N6O2S. The Balaban J connectivity index is 2.21. The Bertz CT molecular complexity index is 749. The van der Waals surface area contributed by atoms with Crippen LogP contribution in [0.1, 0.15) is 51.9 Å². The van der Waals surface area contributed by atoms with Crippen LogP contribution in [-0.4, -0.2) is 31.9 Å². The topological polar surface area (TPSA) is 119 Å². The summed E-state index contributed by atoms with van der Waals surface area (Å²) in [6.45, 7) is 2.09. The predicted molar refractivity (Wildman–Crippen MR) is 101 cm³/mol. The first kappa shape index (κ1) is 20.0. The minimum absolute atomic E-state index is 0.0469. The Labute approximate surface area is 155 Å². The average Bonchev–Trinajstić information content (AvgIpc) is 2.58. The lowest BCUT2D eigenvalue weighted by molar-refractivity contribution is 0.471. The molecule has 0 aliphatic heterocycles. The minimum atomic E-state index is -3.92. The van der Waals surface area contributed by atoms with Crippen LogP contribution in [0.3, 0.4) is 0 Å². The van der Waals surface area contributed by atoms with E-state index in [4.69, 9.17) is 5.26 Å². The number of hydrogen-bond acceptors (Lipinski definition) is 6. The van der Waals surface area contributed by atoms with Gasteiger partial charge >= 0.3 is 0 Å². The summed E-state index contributed by atoms with van der Waals surface area (Å²) in [6.07, 6.45) is 12.6. The molecule has 0 aromatic carbocycles. The summed E-state index contributed by atoms with van der Waals surface area (Å²) < 4.78 is 27.8. The summed E-state index contributed by atoms with van der Waals surface area (Å²) in [5, 5.41) is 14.4. The van der Waals surface area contributed by atoms with E-state index in [9.17, 15) is 8.42 Å². The van der Waals surface area contributed by atoms with Crippen LogP contribution in [0, 0.1) is 11.5 Å². The summed E-state index contributed by atoms with van der Waals surface area (Å²) in [4.78, 5) is 7.94. The fraction of sp³-hybridized carbons (Fsp3) is 0.588. The van der Waals surface area contributed by atoms with Gasteiger partial charge in [0, 0.05) is 25.0 Å². The quantitative estimate of drug-likeness (QED) is 0.313. The predicted octanol–water partition coefficient (Wildman–Crippen LogP) is 2.33. The lowest BCUT2D eigenvalue weighted by Crippen LogP contribution is -2.39. The van der Waals surface area contributed by atoms with Crippen LogP contribution >= 0.6 is 0 Å². The van der Waals surface area contributed by atoms with Crippen molar-refractivity contribution in [3.63, 3.8) is 0 Å². The number of aromatic nitrogens is 1. The van der Waals surface area contributed by atoms with E-state index in [2.05, 4.69) is 25.3 Å². The zero-order chi connectivity index (χ0) is 18.8. The first-order chi connectivity index (χ1) is 12.6. The third kappa shape index (κ3) is 5.88. The third-order valence-corrected chi connectivity index (χ3v) is 5.63. The molecule has 0 amide bonds. The number of nitrogens with one attached hydrogen (secondary N) is 3. The third-order valence-electron chi connectivity index (χ3n) is 4.26. The number of anilines is 1. The van der Waals surface area contributed by atoms with Crippen molar-refractivity contribution in [2.24, 2.45) is 4.99 Å². The molecule has 0 atom stereocenters. The Morgan fingerprint density at radius 1 is 1.31 bits per heavy atom. The normalized spacial score (nSPS) is 16.8. The molecule has 1 heterocycles. The Morgan fingerprint density at radius 3 is 2.65 bits per heavy atom. The van der Waals surface area contributed by atoms with Crippen molar-refractivity contribution in [1.82, 2.24) is 15.0 Å². The largest absolute Gasteiger partial charge is 0.381 e. The van der Waals surface area contributed by atoms with Crippen LogP contribution in [0.15, 0.2) is 28.3 Å². The highest BCUT2D eigenvalue weighted by atomic mass is 32.2. The molecule has 1 aliphatic carbocycles. The molecule has 1 fully saturated rings. The van der Waals surface area contributed by atoms with Gasteiger partial charge in [0.05, 0.1) is 5.69 Å². The maximum atomic E-state index is 12.8. The number of sulfonamides is 1. The van der Waals surface area contributed by atoms with Gasteiger partial charge < -0.3 is 5.32 Å². The second kappa shape index (κ2) is 9.97. The summed E-state index contributed by atoms with van der Waals surface area (Å²) in [5.74, 6) is -0.101. The lowest BCUT2D eigenvalue weighted by atomic mass is 9.96. The van der Waals surface area contributed by atoms with Crippen molar-refractivity contribution in [3.8, 4) is 6.19 Å². The number of hydrogen-bond donors (Lipinski definition) is 3. The van der Waals surface area contributed by atoms with E-state index in [1.54, 1.807) is 25.4 Å². The van der Waals surface area contributed by atoms with Crippen molar-refractivity contribution in [2.75, 3.05) is 11.9 Å². The number of nitriles is 1. The second-order valence-electron chi connectivity index (χ2n) is 6.22. The Hall–Kier alpha value is -2.34. The average molecular weight is 379 g/mol.